The Bertz CT molecular complexity index is 687. The number of rotatable bonds is 2. The van der Waals surface area contributed by atoms with Gasteiger partial charge in [0.25, 0.3) is 0 Å². The maximum Gasteiger partial charge on any atom is 0.437 e. The maximum atomic E-state index is 12.6. The summed E-state index contributed by atoms with van der Waals surface area (Å²) in [6.45, 7) is 9.95. The molecule has 8 nitrogen and oxygen atoms in total. The van der Waals surface area contributed by atoms with Crippen LogP contribution in [0.4, 0.5) is 15.3 Å². The summed E-state index contributed by atoms with van der Waals surface area (Å²) in [6, 6.07) is 6.44. The van der Waals surface area contributed by atoms with Crippen LogP contribution in [0.25, 0.3) is 0 Å². The summed E-state index contributed by atoms with van der Waals surface area (Å²) in [5.74, 6) is -0.399. The average Bonchev–Trinajstić information content (AvgIpc) is 2.43. The lowest BCUT2D eigenvalue weighted by molar-refractivity contribution is 0.0601. The van der Waals surface area contributed by atoms with Crippen molar-refractivity contribution < 1.29 is 24.2 Å². The molecule has 0 radical (unpaired) electrons. The van der Waals surface area contributed by atoms with Gasteiger partial charge >= 0.3 is 12.2 Å². The number of hydrogen-bond donors (Lipinski definition) is 2. The number of anilines is 1. The van der Waals surface area contributed by atoms with E-state index in [1.54, 1.807) is 65.8 Å². The second kappa shape index (κ2) is 8.18. The SMILES string of the molecule is CC(C)(C)OC(=O)N=C(N)N(C(=O)OC(C)(C)C)c1cccc(CO)c1. The molecule has 0 saturated heterocycles. The van der Waals surface area contributed by atoms with Crippen molar-refractivity contribution in [3.63, 3.8) is 0 Å². The van der Waals surface area contributed by atoms with Crippen molar-refractivity contribution in [3.8, 4) is 0 Å². The van der Waals surface area contributed by atoms with E-state index in [1.807, 2.05) is 0 Å². The first-order chi connectivity index (χ1) is 11.8. The highest BCUT2D eigenvalue weighted by Gasteiger charge is 2.27. The van der Waals surface area contributed by atoms with Gasteiger partial charge in [-0.05, 0) is 59.2 Å². The van der Waals surface area contributed by atoms with Crippen LogP contribution in [-0.4, -0.2) is 34.5 Å². The Balaban J connectivity index is 3.26. The van der Waals surface area contributed by atoms with Gasteiger partial charge in [-0.25, -0.2) is 14.5 Å². The molecule has 0 heterocycles. The van der Waals surface area contributed by atoms with Crippen molar-refractivity contribution in [2.45, 2.75) is 59.4 Å². The summed E-state index contributed by atoms with van der Waals surface area (Å²) < 4.78 is 10.4. The molecular formula is C18H27N3O5. The van der Waals surface area contributed by atoms with Crippen LogP contribution in [0.5, 0.6) is 0 Å². The highest BCUT2D eigenvalue weighted by Crippen LogP contribution is 2.20. The van der Waals surface area contributed by atoms with Gasteiger partial charge in [0, 0.05) is 0 Å². The second-order valence-corrected chi connectivity index (χ2v) is 7.59. The number of nitrogens with zero attached hydrogens (tertiary/aromatic N) is 2. The number of aliphatic hydroxyl groups is 1. The third-order valence-electron chi connectivity index (χ3n) is 2.76. The molecule has 0 spiro atoms. The van der Waals surface area contributed by atoms with Crippen molar-refractivity contribution in [2.24, 2.45) is 10.7 Å². The molecule has 0 saturated carbocycles. The molecule has 0 bridgehead atoms. The number of ether oxygens (including phenoxy) is 2. The van der Waals surface area contributed by atoms with E-state index in [4.69, 9.17) is 15.2 Å². The number of guanidine groups is 1. The summed E-state index contributed by atoms with van der Waals surface area (Å²) in [5.41, 5.74) is 5.21. The molecule has 144 valence electrons. The average molecular weight is 365 g/mol. The lowest BCUT2D eigenvalue weighted by atomic mass is 10.2. The van der Waals surface area contributed by atoms with Crippen LogP contribution < -0.4 is 10.6 Å². The number of aliphatic hydroxyl groups excluding tert-OH is 1. The van der Waals surface area contributed by atoms with Crippen molar-refractivity contribution in [1.29, 1.82) is 0 Å². The van der Waals surface area contributed by atoms with Crippen LogP contribution in [0.1, 0.15) is 47.1 Å². The Morgan fingerprint density at radius 3 is 2.19 bits per heavy atom. The van der Waals surface area contributed by atoms with Gasteiger partial charge in [-0.15, -0.1) is 4.99 Å². The van der Waals surface area contributed by atoms with Crippen LogP contribution in [0, 0.1) is 0 Å². The number of nitrogens with two attached hydrogens (primary N) is 1. The van der Waals surface area contributed by atoms with Crippen molar-refractivity contribution in [2.75, 3.05) is 4.90 Å². The Hall–Kier alpha value is -2.61. The predicted octanol–water partition coefficient (Wildman–Crippen LogP) is 3.17. The van der Waals surface area contributed by atoms with E-state index >= 15 is 0 Å². The first-order valence-corrected chi connectivity index (χ1v) is 8.12. The zero-order valence-electron chi connectivity index (χ0n) is 16.1. The minimum atomic E-state index is -0.929. The monoisotopic (exact) mass is 365 g/mol. The standard InChI is InChI=1S/C18H27N3O5/c1-17(2,3)25-15(23)20-14(19)21(16(24)26-18(4,5)6)13-9-7-8-12(10-13)11-22/h7-10,22H,11H2,1-6H3,(H2,19,20,23). The normalized spacial score (nSPS) is 12.5. The number of amides is 2. The Morgan fingerprint density at radius 2 is 1.69 bits per heavy atom. The van der Waals surface area contributed by atoms with Gasteiger partial charge in [-0.3, -0.25) is 0 Å². The zero-order valence-corrected chi connectivity index (χ0v) is 16.1. The molecule has 0 aliphatic rings. The van der Waals surface area contributed by atoms with Gasteiger partial charge in [-0.2, -0.15) is 0 Å². The summed E-state index contributed by atoms with van der Waals surface area (Å²) in [4.78, 5) is 29.1. The predicted molar refractivity (Wildman–Crippen MR) is 98.9 cm³/mol. The van der Waals surface area contributed by atoms with Crippen LogP contribution >= 0.6 is 0 Å². The van der Waals surface area contributed by atoms with Crippen LogP contribution in [-0.2, 0) is 16.1 Å². The first kappa shape index (κ1) is 21.4. The molecule has 0 atom stereocenters. The minimum absolute atomic E-state index is 0.223. The fourth-order valence-corrected chi connectivity index (χ4v) is 1.86. The van der Waals surface area contributed by atoms with E-state index in [0.717, 1.165) is 4.90 Å². The largest absolute Gasteiger partial charge is 0.443 e. The van der Waals surface area contributed by atoms with E-state index in [-0.39, 0.29) is 6.61 Å². The lowest BCUT2D eigenvalue weighted by Crippen LogP contribution is -2.45. The first-order valence-electron chi connectivity index (χ1n) is 8.12. The van der Waals surface area contributed by atoms with E-state index in [9.17, 15) is 14.7 Å². The smallest absolute Gasteiger partial charge is 0.437 e. The third kappa shape index (κ3) is 7.10. The van der Waals surface area contributed by atoms with Crippen molar-refractivity contribution >= 4 is 23.8 Å². The summed E-state index contributed by atoms with van der Waals surface area (Å²) in [6.07, 6.45) is -1.74. The molecule has 0 aliphatic carbocycles. The quantitative estimate of drug-likeness (QED) is 0.614. The van der Waals surface area contributed by atoms with Crippen LogP contribution in [0.2, 0.25) is 0 Å². The van der Waals surface area contributed by atoms with E-state index in [0.29, 0.717) is 11.3 Å². The molecule has 3 N–H and O–H groups in total. The van der Waals surface area contributed by atoms with Gasteiger partial charge in [0.05, 0.1) is 12.3 Å². The van der Waals surface area contributed by atoms with Crippen LogP contribution in [0.15, 0.2) is 29.3 Å². The molecule has 8 heteroatoms. The number of carbonyl (C=O) groups is 2. The molecule has 0 aliphatic heterocycles. The highest BCUT2D eigenvalue weighted by atomic mass is 16.6. The molecular weight excluding hydrogens is 338 g/mol. The Labute approximate surface area is 153 Å². The fraction of sp³-hybridized carbons (Fsp3) is 0.500. The summed E-state index contributed by atoms with van der Waals surface area (Å²) in [7, 11) is 0. The van der Waals surface area contributed by atoms with Crippen molar-refractivity contribution in [1.82, 2.24) is 0 Å². The van der Waals surface area contributed by atoms with Crippen molar-refractivity contribution in [3.05, 3.63) is 29.8 Å². The second-order valence-electron chi connectivity index (χ2n) is 7.59. The molecule has 0 aromatic heterocycles. The fourth-order valence-electron chi connectivity index (χ4n) is 1.86. The minimum Gasteiger partial charge on any atom is -0.443 e. The summed E-state index contributed by atoms with van der Waals surface area (Å²) in [5, 5.41) is 9.31. The van der Waals surface area contributed by atoms with Gasteiger partial charge in [0.15, 0.2) is 0 Å². The number of benzene rings is 1. The molecule has 26 heavy (non-hydrogen) atoms. The summed E-state index contributed by atoms with van der Waals surface area (Å²) >= 11 is 0. The zero-order chi connectivity index (χ0) is 20.1. The number of hydrogen-bond acceptors (Lipinski definition) is 5. The number of carbonyl (C=O) groups excluding carboxylic acids is 2. The number of aliphatic imine (C=N–C) groups is 1. The van der Waals surface area contributed by atoms with Gasteiger partial charge in [-0.1, -0.05) is 12.1 Å². The molecule has 0 fully saturated rings. The molecule has 2 amide bonds. The maximum absolute atomic E-state index is 12.6. The van der Waals surface area contributed by atoms with E-state index in [1.165, 1.54) is 0 Å². The topological polar surface area (TPSA) is 114 Å². The third-order valence-corrected chi connectivity index (χ3v) is 2.76. The molecule has 1 aromatic rings. The lowest BCUT2D eigenvalue weighted by Gasteiger charge is -2.27. The molecule has 0 unspecified atom stereocenters. The Kier molecular flexibility index (Phi) is 6.74. The van der Waals surface area contributed by atoms with E-state index < -0.39 is 29.3 Å². The molecule has 1 aromatic carbocycles. The van der Waals surface area contributed by atoms with E-state index in [2.05, 4.69) is 4.99 Å². The van der Waals surface area contributed by atoms with Gasteiger partial charge in [0.2, 0.25) is 5.96 Å². The Morgan fingerprint density at radius 1 is 1.12 bits per heavy atom. The van der Waals surface area contributed by atoms with Gasteiger partial charge in [0.1, 0.15) is 11.2 Å². The molecule has 1 rings (SSSR count). The van der Waals surface area contributed by atoms with Crippen LogP contribution in [0.3, 0.4) is 0 Å². The highest BCUT2D eigenvalue weighted by molar-refractivity contribution is 6.15. The van der Waals surface area contributed by atoms with Gasteiger partial charge < -0.3 is 20.3 Å².